The smallest absolute Gasteiger partial charge is 0.196 e. The van der Waals surface area contributed by atoms with Gasteiger partial charge in [-0.25, -0.2) is 4.98 Å². The summed E-state index contributed by atoms with van der Waals surface area (Å²) in [7, 11) is 0. The molecule has 3 nitrogen and oxygen atoms in total. The molecule has 2 aromatic heterocycles. The van der Waals surface area contributed by atoms with Crippen molar-refractivity contribution in [3.8, 4) is 10.8 Å². The Morgan fingerprint density at radius 2 is 2.47 bits per heavy atom. The van der Waals surface area contributed by atoms with E-state index < -0.39 is 0 Å². The Balaban J connectivity index is 2.36. The largest absolute Gasteiger partial charge is 0.461 e. The second-order valence-corrected chi connectivity index (χ2v) is 4.67. The van der Waals surface area contributed by atoms with Crippen molar-refractivity contribution >= 4 is 44.7 Å². The van der Waals surface area contributed by atoms with Crippen LogP contribution in [0.15, 0.2) is 26.6 Å². The maximum atomic E-state index is 11.3. The van der Waals surface area contributed by atoms with E-state index in [9.17, 15) is 4.79 Å². The highest BCUT2D eigenvalue weighted by molar-refractivity contribution is 9.10. The Labute approximate surface area is 103 Å². The number of hydrogen-bond donors (Lipinski definition) is 0. The molecule has 0 unspecified atom stereocenters. The van der Waals surface area contributed by atoms with Crippen molar-refractivity contribution in [2.24, 2.45) is 0 Å². The van der Waals surface area contributed by atoms with Crippen LogP contribution in [0, 0.1) is 0 Å². The third-order valence-electron chi connectivity index (χ3n) is 1.72. The van der Waals surface area contributed by atoms with E-state index in [0.717, 1.165) is 4.47 Å². The highest BCUT2D eigenvalue weighted by Gasteiger charge is 2.14. The monoisotopic (exact) mass is 305 g/mol. The molecule has 0 saturated heterocycles. The minimum atomic E-state index is -0.179. The summed E-state index contributed by atoms with van der Waals surface area (Å²) >= 11 is 10.1. The summed E-state index contributed by atoms with van der Waals surface area (Å²) in [6, 6.07) is 1.78. The molecule has 0 aromatic carbocycles. The van der Waals surface area contributed by atoms with Crippen LogP contribution >= 0.6 is 38.9 Å². The van der Waals surface area contributed by atoms with E-state index in [0.29, 0.717) is 16.5 Å². The quantitative estimate of drug-likeness (QED) is 0.643. The molecule has 0 aliphatic carbocycles. The van der Waals surface area contributed by atoms with Crippen LogP contribution in [0.5, 0.6) is 0 Å². The summed E-state index contributed by atoms with van der Waals surface area (Å²) in [5, 5.41) is 2.34. The Kier molecular flexibility index (Phi) is 3.23. The van der Waals surface area contributed by atoms with Crippen LogP contribution in [0.25, 0.3) is 10.8 Å². The molecule has 2 rings (SSSR count). The van der Waals surface area contributed by atoms with Crippen LogP contribution < -0.4 is 0 Å². The fourth-order valence-electron chi connectivity index (χ4n) is 1.02. The van der Waals surface area contributed by atoms with Crippen LogP contribution in [0.4, 0.5) is 0 Å². The molecular formula is C9H5BrClNO2S. The van der Waals surface area contributed by atoms with Gasteiger partial charge in [0.1, 0.15) is 5.69 Å². The van der Waals surface area contributed by atoms with Gasteiger partial charge in [0.2, 0.25) is 0 Å². The highest BCUT2D eigenvalue weighted by Crippen LogP contribution is 2.31. The molecule has 0 saturated carbocycles. The number of ketones is 1. The normalized spacial score (nSPS) is 10.5. The maximum absolute atomic E-state index is 11.3. The molecule has 0 spiro atoms. The van der Waals surface area contributed by atoms with Gasteiger partial charge < -0.3 is 4.42 Å². The van der Waals surface area contributed by atoms with Gasteiger partial charge in [-0.1, -0.05) is 0 Å². The second-order valence-electron chi connectivity index (χ2n) is 2.69. The number of thiazole rings is 1. The number of hydrogen-bond acceptors (Lipinski definition) is 4. The van der Waals surface area contributed by atoms with Gasteiger partial charge in [0, 0.05) is 5.38 Å². The zero-order chi connectivity index (χ0) is 10.8. The summed E-state index contributed by atoms with van der Waals surface area (Å²) < 4.78 is 6.05. The van der Waals surface area contributed by atoms with Gasteiger partial charge in [-0.15, -0.1) is 22.9 Å². The van der Waals surface area contributed by atoms with Crippen molar-refractivity contribution in [1.29, 1.82) is 0 Å². The van der Waals surface area contributed by atoms with Gasteiger partial charge >= 0.3 is 0 Å². The van der Waals surface area contributed by atoms with Gasteiger partial charge in [-0.05, 0) is 22.0 Å². The molecule has 15 heavy (non-hydrogen) atoms. The molecule has 0 radical (unpaired) electrons. The molecule has 0 fully saturated rings. The van der Waals surface area contributed by atoms with E-state index in [1.807, 2.05) is 0 Å². The minimum Gasteiger partial charge on any atom is -0.461 e. The van der Waals surface area contributed by atoms with E-state index in [-0.39, 0.29) is 11.7 Å². The third kappa shape index (κ3) is 2.14. The first-order valence-electron chi connectivity index (χ1n) is 4.00. The molecule has 2 aromatic rings. The number of Topliss-reactive ketones (excluding diaryl/α,β-unsaturated/α-hetero) is 1. The van der Waals surface area contributed by atoms with Gasteiger partial charge in [0.25, 0.3) is 0 Å². The lowest BCUT2D eigenvalue weighted by Crippen LogP contribution is -1.99. The lowest BCUT2D eigenvalue weighted by Gasteiger charge is -1.90. The number of halogens is 2. The van der Waals surface area contributed by atoms with Crippen LogP contribution in [-0.2, 0) is 0 Å². The number of nitrogens with zero attached hydrogens (tertiary/aromatic N) is 1. The SMILES string of the molecule is O=C(CCl)c1csc(-c2occc2Br)n1. The van der Waals surface area contributed by atoms with Crippen LogP contribution in [0.1, 0.15) is 10.5 Å². The minimum absolute atomic E-state index is 0.0531. The van der Waals surface area contributed by atoms with E-state index in [1.165, 1.54) is 11.3 Å². The molecule has 78 valence electrons. The van der Waals surface area contributed by atoms with Crippen molar-refractivity contribution in [2.75, 3.05) is 5.88 Å². The fraction of sp³-hybridized carbons (Fsp3) is 0.111. The Bertz CT molecular complexity index is 494. The Hall–Kier alpha value is -0.650. The van der Waals surface area contributed by atoms with Gasteiger partial charge in [0.15, 0.2) is 16.6 Å². The first kappa shape index (κ1) is 10.9. The summed E-state index contributed by atoms with van der Waals surface area (Å²) in [4.78, 5) is 15.4. The van der Waals surface area contributed by atoms with E-state index >= 15 is 0 Å². The van der Waals surface area contributed by atoms with Crippen molar-refractivity contribution in [3.05, 3.63) is 27.9 Å². The van der Waals surface area contributed by atoms with Gasteiger partial charge in [0.05, 0.1) is 16.6 Å². The number of alkyl halides is 1. The standard InChI is InChI=1S/C9H5BrClNO2S/c10-5-1-2-14-8(5)9-12-6(4-15-9)7(13)3-11/h1-2,4H,3H2. The predicted octanol–water partition coefficient (Wildman–Crippen LogP) is 3.59. The molecular weight excluding hydrogens is 302 g/mol. The van der Waals surface area contributed by atoms with Crippen molar-refractivity contribution in [2.45, 2.75) is 0 Å². The summed E-state index contributed by atoms with van der Waals surface area (Å²) in [6.07, 6.45) is 1.56. The van der Waals surface area contributed by atoms with E-state index in [1.54, 1.807) is 17.7 Å². The maximum Gasteiger partial charge on any atom is 0.196 e. The number of carbonyl (C=O) groups is 1. The topological polar surface area (TPSA) is 43.1 Å². The number of furan rings is 1. The lowest BCUT2D eigenvalue weighted by atomic mass is 10.3. The van der Waals surface area contributed by atoms with Crippen molar-refractivity contribution in [3.63, 3.8) is 0 Å². The molecule has 0 aliphatic heterocycles. The van der Waals surface area contributed by atoms with Crippen LogP contribution in [-0.4, -0.2) is 16.6 Å². The van der Waals surface area contributed by atoms with E-state index in [2.05, 4.69) is 20.9 Å². The molecule has 0 bridgehead atoms. The summed E-state index contributed by atoms with van der Waals surface area (Å²) in [6.45, 7) is 0. The lowest BCUT2D eigenvalue weighted by molar-refractivity contribution is 0.101. The molecule has 2 heterocycles. The van der Waals surface area contributed by atoms with Gasteiger partial charge in [-0.2, -0.15) is 0 Å². The highest BCUT2D eigenvalue weighted by atomic mass is 79.9. The first-order valence-corrected chi connectivity index (χ1v) is 6.21. The number of rotatable bonds is 3. The van der Waals surface area contributed by atoms with Crippen molar-refractivity contribution < 1.29 is 9.21 Å². The average molecular weight is 307 g/mol. The van der Waals surface area contributed by atoms with Crippen LogP contribution in [0.2, 0.25) is 0 Å². The average Bonchev–Trinajstić information content (AvgIpc) is 2.84. The predicted molar refractivity (Wildman–Crippen MR) is 62.6 cm³/mol. The first-order chi connectivity index (χ1) is 7.22. The number of carbonyl (C=O) groups excluding carboxylic acids is 1. The molecule has 0 amide bonds. The van der Waals surface area contributed by atoms with Gasteiger partial charge in [-0.3, -0.25) is 4.79 Å². The second kappa shape index (κ2) is 4.47. The molecule has 0 aliphatic rings. The Morgan fingerprint density at radius 1 is 1.67 bits per heavy atom. The molecule has 6 heteroatoms. The number of aromatic nitrogens is 1. The zero-order valence-corrected chi connectivity index (χ0v) is 10.5. The summed E-state index contributed by atoms with van der Waals surface area (Å²) in [5.41, 5.74) is 0.383. The fourth-order valence-corrected chi connectivity index (χ4v) is 2.50. The molecule has 0 atom stereocenters. The zero-order valence-electron chi connectivity index (χ0n) is 7.37. The van der Waals surface area contributed by atoms with E-state index in [4.69, 9.17) is 16.0 Å². The van der Waals surface area contributed by atoms with Crippen molar-refractivity contribution in [1.82, 2.24) is 4.98 Å². The van der Waals surface area contributed by atoms with Crippen LogP contribution in [0.3, 0.4) is 0 Å². The summed E-state index contributed by atoms with van der Waals surface area (Å²) in [5.74, 6) is 0.401. The molecule has 0 N–H and O–H groups in total. The third-order valence-corrected chi connectivity index (χ3v) is 3.43. The Morgan fingerprint density at radius 3 is 3.07 bits per heavy atom.